The van der Waals surface area contributed by atoms with Crippen molar-refractivity contribution in [3.05, 3.63) is 59.2 Å². The van der Waals surface area contributed by atoms with Gasteiger partial charge in [0, 0.05) is 30.9 Å². The lowest BCUT2D eigenvalue weighted by Crippen LogP contribution is -2.25. The second-order valence-corrected chi connectivity index (χ2v) is 5.36. The Morgan fingerprint density at radius 2 is 2.05 bits per heavy atom. The Hall–Kier alpha value is -2.00. The van der Waals surface area contributed by atoms with Gasteiger partial charge in [0.15, 0.2) is 0 Å². The van der Waals surface area contributed by atoms with Crippen molar-refractivity contribution in [2.75, 3.05) is 18.9 Å². The minimum Gasteiger partial charge on any atom is -0.492 e. The van der Waals surface area contributed by atoms with Crippen molar-refractivity contribution in [3.8, 4) is 5.75 Å². The Labute approximate surface area is 120 Å². The number of anilines is 1. The van der Waals surface area contributed by atoms with E-state index in [4.69, 9.17) is 10.5 Å². The fraction of sp³-hybridized carbons (Fsp3) is 0.294. The van der Waals surface area contributed by atoms with Crippen LogP contribution in [0.15, 0.2) is 42.5 Å². The molecule has 0 atom stereocenters. The second-order valence-electron chi connectivity index (χ2n) is 5.36. The molecule has 0 amide bonds. The molecular weight excluding hydrogens is 248 g/mol. The molecule has 0 saturated heterocycles. The molecule has 2 aromatic carbocycles. The molecule has 0 radical (unpaired) electrons. The van der Waals surface area contributed by atoms with Crippen LogP contribution in [0.2, 0.25) is 0 Å². The summed E-state index contributed by atoms with van der Waals surface area (Å²) in [6, 6.07) is 14.6. The van der Waals surface area contributed by atoms with Crippen LogP contribution in [0.5, 0.6) is 5.75 Å². The highest BCUT2D eigenvalue weighted by Gasteiger charge is 2.15. The van der Waals surface area contributed by atoms with Gasteiger partial charge in [-0.2, -0.15) is 0 Å². The van der Waals surface area contributed by atoms with E-state index in [1.807, 2.05) is 18.2 Å². The number of hydrogen-bond acceptors (Lipinski definition) is 3. The van der Waals surface area contributed by atoms with E-state index in [-0.39, 0.29) is 0 Å². The first kappa shape index (κ1) is 13.0. The number of ether oxygens (including phenoxy) is 1. The summed E-state index contributed by atoms with van der Waals surface area (Å²) >= 11 is 0. The van der Waals surface area contributed by atoms with Gasteiger partial charge in [-0.05, 0) is 30.2 Å². The molecule has 2 aromatic rings. The maximum atomic E-state index is 5.88. The summed E-state index contributed by atoms with van der Waals surface area (Å²) in [5.74, 6) is 1.02. The number of nitrogens with zero attached hydrogens (tertiary/aromatic N) is 1. The first-order chi connectivity index (χ1) is 9.72. The molecule has 3 rings (SSSR count). The molecule has 104 valence electrons. The summed E-state index contributed by atoms with van der Waals surface area (Å²) in [6.07, 6.45) is 0. The number of rotatable bonds is 2. The molecule has 0 aromatic heterocycles. The molecule has 0 aliphatic carbocycles. The Balaban J connectivity index is 1.76. The number of hydrogen-bond donors (Lipinski definition) is 1. The molecule has 1 heterocycles. The van der Waals surface area contributed by atoms with E-state index < -0.39 is 0 Å². The Kier molecular flexibility index (Phi) is 3.61. The molecule has 3 heteroatoms. The molecule has 2 N–H and O–H groups in total. The average molecular weight is 268 g/mol. The third-order valence-corrected chi connectivity index (χ3v) is 3.77. The van der Waals surface area contributed by atoms with Crippen LogP contribution in [-0.2, 0) is 13.1 Å². The van der Waals surface area contributed by atoms with Crippen LogP contribution in [0.25, 0.3) is 0 Å². The van der Waals surface area contributed by atoms with Gasteiger partial charge in [0.2, 0.25) is 0 Å². The van der Waals surface area contributed by atoms with E-state index >= 15 is 0 Å². The van der Waals surface area contributed by atoms with Gasteiger partial charge in [-0.25, -0.2) is 0 Å². The maximum Gasteiger partial charge on any atom is 0.123 e. The number of nitrogens with two attached hydrogens (primary N) is 1. The monoisotopic (exact) mass is 268 g/mol. The van der Waals surface area contributed by atoms with E-state index in [1.165, 1.54) is 11.1 Å². The largest absolute Gasteiger partial charge is 0.492 e. The van der Waals surface area contributed by atoms with E-state index in [2.05, 4.69) is 36.1 Å². The standard InChI is InChI=1S/C17H20N2O/c1-13-10-14(6-7-16(13)18)11-19-8-9-20-17-5-3-2-4-15(17)12-19/h2-7,10H,8-9,11-12,18H2,1H3. The van der Waals surface area contributed by atoms with Gasteiger partial charge in [-0.3, -0.25) is 4.90 Å². The lowest BCUT2D eigenvalue weighted by molar-refractivity contribution is 0.219. The summed E-state index contributed by atoms with van der Waals surface area (Å²) in [7, 11) is 0. The molecule has 1 aliphatic heterocycles. The summed E-state index contributed by atoms with van der Waals surface area (Å²) in [5.41, 5.74) is 10.4. The van der Waals surface area contributed by atoms with E-state index in [1.54, 1.807) is 0 Å². The third-order valence-electron chi connectivity index (χ3n) is 3.77. The Morgan fingerprint density at radius 1 is 1.20 bits per heavy atom. The number of aryl methyl sites for hydroxylation is 1. The van der Waals surface area contributed by atoms with Crippen LogP contribution in [0, 0.1) is 6.92 Å². The highest BCUT2D eigenvalue weighted by atomic mass is 16.5. The van der Waals surface area contributed by atoms with Crippen LogP contribution in [-0.4, -0.2) is 18.1 Å². The summed E-state index contributed by atoms with van der Waals surface area (Å²) in [4.78, 5) is 2.41. The van der Waals surface area contributed by atoms with Crippen LogP contribution in [0.3, 0.4) is 0 Å². The van der Waals surface area contributed by atoms with Gasteiger partial charge in [-0.1, -0.05) is 30.3 Å². The number of benzene rings is 2. The summed E-state index contributed by atoms with van der Waals surface area (Å²) in [6.45, 7) is 5.60. The van der Waals surface area contributed by atoms with Crippen molar-refractivity contribution in [1.82, 2.24) is 4.90 Å². The van der Waals surface area contributed by atoms with Crippen molar-refractivity contribution in [2.45, 2.75) is 20.0 Å². The van der Waals surface area contributed by atoms with Crippen molar-refractivity contribution in [3.63, 3.8) is 0 Å². The normalized spacial score (nSPS) is 15.2. The quantitative estimate of drug-likeness (QED) is 0.851. The van der Waals surface area contributed by atoms with Crippen molar-refractivity contribution in [2.24, 2.45) is 0 Å². The number of nitrogen functional groups attached to an aromatic ring is 1. The van der Waals surface area contributed by atoms with Gasteiger partial charge in [0.1, 0.15) is 12.4 Å². The predicted molar refractivity (Wildman–Crippen MR) is 81.6 cm³/mol. The van der Waals surface area contributed by atoms with Gasteiger partial charge < -0.3 is 10.5 Å². The van der Waals surface area contributed by atoms with E-state index in [9.17, 15) is 0 Å². The molecule has 0 fully saturated rings. The molecule has 20 heavy (non-hydrogen) atoms. The zero-order valence-corrected chi connectivity index (χ0v) is 11.8. The molecule has 0 unspecified atom stereocenters. The minimum absolute atomic E-state index is 0.741. The fourth-order valence-electron chi connectivity index (χ4n) is 2.61. The third kappa shape index (κ3) is 2.78. The first-order valence-electron chi connectivity index (χ1n) is 7.00. The van der Waals surface area contributed by atoms with Crippen molar-refractivity contribution < 1.29 is 4.74 Å². The van der Waals surface area contributed by atoms with Crippen molar-refractivity contribution in [1.29, 1.82) is 0 Å². The number of fused-ring (bicyclic) bond motifs is 1. The summed E-state index contributed by atoms with van der Waals surface area (Å²) < 4.78 is 5.80. The maximum absolute atomic E-state index is 5.88. The van der Waals surface area contributed by atoms with Gasteiger partial charge in [0.25, 0.3) is 0 Å². The molecule has 0 bridgehead atoms. The predicted octanol–water partition coefficient (Wildman–Crippen LogP) is 2.97. The van der Waals surface area contributed by atoms with Crippen molar-refractivity contribution >= 4 is 5.69 Å². The highest BCUT2D eigenvalue weighted by molar-refractivity contribution is 5.47. The molecule has 0 spiro atoms. The fourth-order valence-corrected chi connectivity index (χ4v) is 2.61. The minimum atomic E-state index is 0.741. The Bertz CT molecular complexity index is 610. The number of para-hydroxylation sites is 1. The van der Waals surface area contributed by atoms with Gasteiger partial charge in [-0.15, -0.1) is 0 Å². The first-order valence-corrected chi connectivity index (χ1v) is 7.00. The zero-order valence-electron chi connectivity index (χ0n) is 11.8. The topological polar surface area (TPSA) is 38.5 Å². The van der Waals surface area contributed by atoms with Crippen LogP contribution >= 0.6 is 0 Å². The van der Waals surface area contributed by atoms with E-state index in [0.717, 1.165) is 43.2 Å². The van der Waals surface area contributed by atoms with Crippen LogP contribution < -0.4 is 10.5 Å². The lowest BCUT2D eigenvalue weighted by Gasteiger charge is -2.19. The zero-order chi connectivity index (χ0) is 13.9. The second kappa shape index (κ2) is 5.55. The van der Waals surface area contributed by atoms with E-state index in [0.29, 0.717) is 0 Å². The van der Waals surface area contributed by atoms with Gasteiger partial charge in [0.05, 0.1) is 0 Å². The summed E-state index contributed by atoms with van der Waals surface area (Å²) in [5, 5.41) is 0. The SMILES string of the molecule is Cc1cc(CN2CCOc3ccccc3C2)ccc1N. The highest BCUT2D eigenvalue weighted by Crippen LogP contribution is 2.23. The van der Waals surface area contributed by atoms with Crippen LogP contribution in [0.1, 0.15) is 16.7 Å². The smallest absolute Gasteiger partial charge is 0.123 e. The molecule has 0 saturated carbocycles. The Morgan fingerprint density at radius 3 is 2.90 bits per heavy atom. The molecule has 1 aliphatic rings. The van der Waals surface area contributed by atoms with Gasteiger partial charge >= 0.3 is 0 Å². The lowest BCUT2D eigenvalue weighted by atomic mass is 10.1. The molecular formula is C17H20N2O. The average Bonchev–Trinajstić information content (AvgIpc) is 2.64. The van der Waals surface area contributed by atoms with Crippen LogP contribution in [0.4, 0.5) is 5.69 Å². The molecule has 3 nitrogen and oxygen atoms in total.